The van der Waals surface area contributed by atoms with Gasteiger partial charge in [-0.25, -0.2) is 0 Å². The van der Waals surface area contributed by atoms with Crippen LogP contribution < -0.4 is 5.32 Å². The Kier molecular flexibility index (Phi) is 5.57. The molecule has 0 aliphatic heterocycles. The van der Waals surface area contributed by atoms with Crippen molar-refractivity contribution in [1.82, 2.24) is 0 Å². The summed E-state index contributed by atoms with van der Waals surface area (Å²) in [5.74, 6) is -0.0504. The summed E-state index contributed by atoms with van der Waals surface area (Å²) in [5.41, 5.74) is 1.30. The van der Waals surface area contributed by atoms with Gasteiger partial charge in [-0.2, -0.15) is 5.26 Å². The lowest BCUT2D eigenvalue weighted by molar-refractivity contribution is -0.117. The largest absolute Gasteiger partial charge is 0.378 e. The number of amides is 1. The molecule has 1 aromatic rings. The number of hydrogen-bond acceptors (Lipinski definition) is 3. The second-order valence-electron chi connectivity index (χ2n) is 5.12. The Hall–Kier alpha value is -1.86. The van der Waals surface area contributed by atoms with Crippen LogP contribution in [0.1, 0.15) is 44.1 Å². The maximum Gasteiger partial charge on any atom is 0.226 e. The van der Waals surface area contributed by atoms with Gasteiger partial charge in [0.1, 0.15) is 0 Å². The zero-order valence-electron chi connectivity index (χ0n) is 11.6. The van der Waals surface area contributed by atoms with E-state index in [-0.39, 0.29) is 5.91 Å². The van der Waals surface area contributed by atoms with Crippen molar-refractivity contribution in [2.24, 2.45) is 0 Å². The molecule has 0 radical (unpaired) electrons. The molecule has 1 aromatic carbocycles. The van der Waals surface area contributed by atoms with E-state index in [1.165, 1.54) is 19.3 Å². The molecule has 4 nitrogen and oxygen atoms in total. The first kappa shape index (κ1) is 14.5. The van der Waals surface area contributed by atoms with Gasteiger partial charge in [-0.1, -0.05) is 19.3 Å². The predicted octanol–water partition coefficient (Wildman–Crippen LogP) is 3.24. The molecule has 1 aliphatic rings. The molecule has 0 aromatic heterocycles. The Morgan fingerprint density at radius 1 is 1.25 bits per heavy atom. The third kappa shape index (κ3) is 4.67. The fourth-order valence-corrected chi connectivity index (χ4v) is 2.40. The number of nitriles is 1. The number of rotatable bonds is 5. The van der Waals surface area contributed by atoms with Crippen molar-refractivity contribution in [2.75, 3.05) is 11.9 Å². The van der Waals surface area contributed by atoms with Crippen LogP contribution in [0.3, 0.4) is 0 Å². The van der Waals surface area contributed by atoms with E-state index < -0.39 is 0 Å². The van der Waals surface area contributed by atoms with Crippen molar-refractivity contribution < 1.29 is 9.53 Å². The highest BCUT2D eigenvalue weighted by molar-refractivity contribution is 5.90. The van der Waals surface area contributed by atoms with Crippen LogP contribution in [-0.2, 0) is 9.53 Å². The van der Waals surface area contributed by atoms with Gasteiger partial charge in [0.25, 0.3) is 0 Å². The van der Waals surface area contributed by atoms with Crippen molar-refractivity contribution in [2.45, 2.75) is 44.6 Å². The molecule has 106 valence electrons. The topological polar surface area (TPSA) is 62.1 Å². The lowest BCUT2D eigenvalue weighted by Crippen LogP contribution is -2.20. The Bertz CT molecular complexity index is 470. The summed E-state index contributed by atoms with van der Waals surface area (Å²) in [4.78, 5) is 11.8. The zero-order valence-corrected chi connectivity index (χ0v) is 11.6. The second-order valence-corrected chi connectivity index (χ2v) is 5.12. The van der Waals surface area contributed by atoms with Crippen molar-refractivity contribution >= 4 is 11.6 Å². The molecular weight excluding hydrogens is 252 g/mol. The number of carbonyl (C=O) groups excluding carboxylic acids is 1. The molecule has 1 fully saturated rings. The monoisotopic (exact) mass is 272 g/mol. The standard InChI is InChI=1S/C16H20N2O2/c17-12-13-6-8-14(9-7-13)18-16(19)10-11-20-15-4-2-1-3-5-15/h6-9,15H,1-5,10-11H2,(H,18,19). The number of carbonyl (C=O) groups is 1. The summed E-state index contributed by atoms with van der Waals surface area (Å²) in [6, 6.07) is 8.89. The maximum atomic E-state index is 11.8. The quantitative estimate of drug-likeness (QED) is 0.895. The second kappa shape index (κ2) is 7.66. The molecule has 20 heavy (non-hydrogen) atoms. The molecule has 1 aliphatic carbocycles. The van der Waals surface area contributed by atoms with Gasteiger partial charge in [0.2, 0.25) is 5.91 Å². The fourth-order valence-electron chi connectivity index (χ4n) is 2.40. The maximum absolute atomic E-state index is 11.8. The van der Waals surface area contributed by atoms with Crippen molar-refractivity contribution in [3.8, 4) is 6.07 Å². The van der Waals surface area contributed by atoms with Gasteiger partial charge in [0.05, 0.1) is 30.8 Å². The van der Waals surface area contributed by atoms with Gasteiger partial charge in [-0.05, 0) is 37.1 Å². The van der Waals surface area contributed by atoms with E-state index in [1.807, 2.05) is 6.07 Å². The number of benzene rings is 1. The highest BCUT2D eigenvalue weighted by Gasteiger charge is 2.14. The first-order chi connectivity index (χ1) is 9.78. The van der Waals surface area contributed by atoms with E-state index in [4.69, 9.17) is 10.00 Å². The minimum Gasteiger partial charge on any atom is -0.378 e. The third-order valence-corrected chi connectivity index (χ3v) is 3.53. The third-order valence-electron chi connectivity index (χ3n) is 3.53. The molecule has 1 N–H and O–H groups in total. The van der Waals surface area contributed by atoms with Crippen LogP contribution in [0.2, 0.25) is 0 Å². The highest BCUT2D eigenvalue weighted by Crippen LogP contribution is 2.20. The van der Waals surface area contributed by atoms with E-state index >= 15 is 0 Å². The summed E-state index contributed by atoms with van der Waals surface area (Å²) in [6.07, 6.45) is 6.74. The van der Waals surface area contributed by atoms with Gasteiger partial charge >= 0.3 is 0 Å². The molecule has 1 saturated carbocycles. The fraction of sp³-hybridized carbons (Fsp3) is 0.500. The molecule has 0 bridgehead atoms. The van der Waals surface area contributed by atoms with Crippen molar-refractivity contribution in [3.05, 3.63) is 29.8 Å². The average molecular weight is 272 g/mol. The number of ether oxygens (including phenoxy) is 1. The first-order valence-electron chi connectivity index (χ1n) is 7.19. The van der Waals surface area contributed by atoms with Gasteiger partial charge in [-0.3, -0.25) is 4.79 Å². The van der Waals surface area contributed by atoms with Gasteiger partial charge < -0.3 is 10.1 Å². The number of nitrogens with one attached hydrogen (secondary N) is 1. The lowest BCUT2D eigenvalue weighted by atomic mass is 9.98. The average Bonchev–Trinajstić information content (AvgIpc) is 2.49. The highest BCUT2D eigenvalue weighted by atomic mass is 16.5. The van der Waals surface area contributed by atoms with E-state index in [0.717, 1.165) is 12.8 Å². The van der Waals surface area contributed by atoms with E-state index in [2.05, 4.69) is 5.32 Å². The molecule has 0 unspecified atom stereocenters. The molecule has 0 heterocycles. The summed E-state index contributed by atoms with van der Waals surface area (Å²) < 4.78 is 5.72. The normalized spacial score (nSPS) is 15.6. The Balaban J connectivity index is 1.68. The first-order valence-corrected chi connectivity index (χ1v) is 7.19. The summed E-state index contributed by atoms with van der Waals surface area (Å²) >= 11 is 0. The zero-order chi connectivity index (χ0) is 14.2. The molecule has 2 rings (SSSR count). The van der Waals surface area contributed by atoms with Crippen LogP contribution in [0.4, 0.5) is 5.69 Å². The molecule has 0 saturated heterocycles. The molecule has 4 heteroatoms. The molecule has 0 atom stereocenters. The predicted molar refractivity (Wildman–Crippen MR) is 77.2 cm³/mol. The smallest absolute Gasteiger partial charge is 0.226 e. The molecular formula is C16H20N2O2. The van der Waals surface area contributed by atoms with Gasteiger partial charge in [0.15, 0.2) is 0 Å². The summed E-state index contributed by atoms with van der Waals surface area (Å²) in [5, 5.41) is 11.5. The van der Waals surface area contributed by atoms with E-state index in [9.17, 15) is 4.79 Å². The van der Waals surface area contributed by atoms with Crippen LogP contribution in [0, 0.1) is 11.3 Å². The Morgan fingerprint density at radius 2 is 1.95 bits per heavy atom. The van der Waals surface area contributed by atoms with Crippen molar-refractivity contribution in [1.29, 1.82) is 5.26 Å². The number of hydrogen-bond donors (Lipinski definition) is 1. The Labute approximate surface area is 119 Å². The molecule has 1 amide bonds. The van der Waals surface area contributed by atoms with Crippen LogP contribution in [0.15, 0.2) is 24.3 Å². The number of nitrogens with zero attached hydrogens (tertiary/aromatic N) is 1. The minimum atomic E-state index is -0.0504. The lowest BCUT2D eigenvalue weighted by Gasteiger charge is -2.21. The van der Waals surface area contributed by atoms with Crippen molar-refractivity contribution in [3.63, 3.8) is 0 Å². The van der Waals surface area contributed by atoms with E-state index in [1.54, 1.807) is 24.3 Å². The number of anilines is 1. The minimum absolute atomic E-state index is 0.0504. The van der Waals surface area contributed by atoms with Crippen LogP contribution in [0.5, 0.6) is 0 Å². The molecule has 0 spiro atoms. The van der Waals surface area contributed by atoms with E-state index in [0.29, 0.717) is 30.4 Å². The SMILES string of the molecule is N#Cc1ccc(NC(=O)CCOC2CCCCC2)cc1. The summed E-state index contributed by atoms with van der Waals surface area (Å²) in [7, 11) is 0. The van der Waals surface area contributed by atoms with Gasteiger partial charge in [0, 0.05) is 5.69 Å². The summed E-state index contributed by atoms with van der Waals surface area (Å²) in [6.45, 7) is 0.479. The van der Waals surface area contributed by atoms with Gasteiger partial charge in [-0.15, -0.1) is 0 Å². The van der Waals surface area contributed by atoms with Crippen LogP contribution >= 0.6 is 0 Å². The van der Waals surface area contributed by atoms with Crippen LogP contribution in [0.25, 0.3) is 0 Å². The Morgan fingerprint density at radius 3 is 2.60 bits per heavy atom. The van der Waals surface area contributed by atoms with Crippen LogP contribution in [-0.4, -0.2) is 18.6 Å².